The van der Waals surface area contributed by atoms with Crippen molar-refractivity contribution in [3.05, 3.63) is 64.6 Å². The normalized spacial score (nSPS) is 10.0. The van der Waals surface area contributed by atoms with Crippen LogP contribution in [-0.4, -0.2) is 21.0 Å². The molecule has 2 aromatic heterocycles. The highest BCUT2D eigenvalue weighted by Gasteiger charge is 2.10. The van der Waals surface area contributed by atoms with Gasteiger partial charge in [-0.1, -0.05) is 23.1 Å². The number of nitrogens with one attached hydrogen (secondary N) is 1. The Morgan fingerprint density at radius 1 is 1.16 bits per heavy atom. The second kappa shape index (κ2) is 6.84. The van der Waals surface area contributed by atoms with Gasteiger partial charge < -0.3 is 10.3 Å². The molecule has 3 aromatic rings. The minimum Gasteiger partial charge on any atom is -0.368 e. The highest BCUT2D eigenvalue weighted by molar-refractivity contribution is 6.03. The van der Waals surface area contributed by atoms with Crippen LogP contribution >= 0.6 is 0 Å². The average Bonchev–Trinajstić information content (AvgIpc) is 3.00. The lowest BCUT2D eigenvalue weighted by Gasteiger charge is -2.04. The van der Waals surface area contributed by atoms with E-state index >= 15 is 0 Å². The van der Waals surface area contributed by atoms with Crippen LogP contribution in [0.5, 0.6) is 0 Å². The van der Waals surface area contributed by atoms with Crippen molar-refractivity contribution in [2.45, 2.75) is 13.8 Å². The molecule has 7 nitrogen and oxygen atoms in total. The number of aryl methyl sites for hydroxylation is 2. The van der Waals surface area contributed by atoms with Gasteiger partial charge in [-0.3, -0.25) is 10.1 Å². The third kappa shape index (κ3) is 4.00. The maximum atomic E-state index is 12.3. The Hall–Kier alpha value is -3.66. The molecular weight excluding hydrogens is 318 g/mol. The summed E-state index contributed by atoms with van der Waals surface area (Å²) in [6, 6.07) is 6.93. The maximum Gasteiger partial charge on any atom is 0.258 e. The molecule has 25 heavy (non-hydrogen) atoms. The Morgan fingerprint density at radius 2 is 1.92 bits per heavy atom. The van der Waals surface area contributed by atoms with Crippen molar-refractivity contribution in [1.29, 1.82) is 0 Å². The van der Waals surface area contributed by atoms with E-state index in [9.17, 15) is 4.79 Å². The quantitative estimate of drug-likeness (QED) is 0.697. The van der Waals surface area contributed by atoms with E-state index in [0.29, 0.717) is 22.7 Å². The molecule has 0 fully saturated rings. The average molecular weight is 333 g/mol. The third-order valence-corrected chi connectivity index (χ3v) is 3.38. The molecular formula is C18H15N5O2. The van der Waals surface area contributed by atoms with Crippen molar-refractivity contribution >= 4 is 17.7 Å². The number of aromatic nitrogens is 3. The number of benzene rings is 1. The predicted molar refractivity (Wildman–Crippen MR) is 92.8 cm³/mol. The van der Waals surface area contributed by atoms with Gasteiger partial charge in [-0.15, -0.1) is 0 Å². The molecule has 3 rings (SSSR count). The number of carbonyl (C=O) groups excluding carboxylic acids is 1. The number of nitrogens with zero attached hydrogens (tertiary/aromatic N) is 3. The summed E-state index contributed by atoms with van der Waals surface area (Å²) in [5, 5.41) is 6.39. The second-order valence-corrected chi connectivity index (χ2v) is 5.40. The first-order valence-corrected chi connectivity index (χ1v) is 7.46. The highest BCUT2D eigenvalue weighted by Crippen LogP contribution is 2.14. The van der Waals surface area contributed by atoms with Crippen molar-refractivity contribution in [3.8, 4) is 11.8 Å². The van der Waals surface area contributed by atoms with E-state index in [0.717, 1.165) is 11.1 Å². The Balaban J connectivity index is 1.83. The largest absolute Gasteiger partial charge is 0.368 e. The number of anilines is 2. The van der Waals surface area contributed by atoms with E-state index in [2.05, 4.69) is 32.3 Å². The lowest BCUT2D eigenvalue weighted by molar-refractivity contribution is 0.102. The van der Waals surface area contributed by atoms with Crippen molar-refractivity contribution in [1.82, 2.24) is 15.1 Å². The molecule has 0 aliphatic rings. The molecule has 0 aliphatic carbocycles. The Morgan fingerprint density at radius 3 is 2.60 bits per heavy atom. The van der Waals surface area contributed by atoms with Crippen LogP contribution in [0.4, 0.5) is 11.8 Å². The fourth-order valence-corrected chi connectivity index (χ4v) is 2.05. The van der Waals surface area contributed by atoms with Crippen LogP contribution in [0.25, 0.3) is 0 Å². The van der Waals surface area contributed by atoms with Gasteiger partial charge in [0, 0.05) is 29.6 Å². The first kappa shape index (κ1) is 16.2. The van der Waals surface area contributed by atoms with E-state index < -0.39 is 0 Å². The molecule has 0 unspecified atom stereocenters. The molecule has 2 heterocycles. The minimum atomic E-state index is -0.296. The number of amides is 1. The van der Waals surface area contributed by atoms with E-state index in [1.165, 1.54) is 0 Å². The molecule has 1 aromatic carbocycles. The number of hydrogen-bond acceptors (Lipinski definition) is 6. The van der Waals surface area contributed by atoms with Gasteiger partial charge >= 0.3 is 0 Å². The first-order valence-electron chi connectivity index (χ1n) is 7.46. The fourth-order valence-electron chi connectivity index (χ4n) is 2.05. The molecule has 0 radical (unpaired) electrons. The van der Waals surface area contributed by atoms with Gasteiger partial charge in [-0.25, -0.2) is 9.97 Å². The van der Waals surface area contributed by atoms with Crippen molar-refractivity contribution in [3.63, 3.8) is 0 Å². The van der Waals surface area contributed by atoms with Crippen molar-refractivity contribution in [2.24, 2.45) is 0 Å². The summed E-state index contributed by atoms with van der Waals surface area (Å²) in [5.41, 5.74) is 8.94. The van der Waals surface area contributed by atoms with E-state index in [1.54, 1.807) is 37.5 Å². The third-order valence-electron chi connectivity index (χ3n) is 3.38. The van der Waals surface area contributed by atoms with Crippen LogP contribution in [0, 0.1) is 25.7 Å². The zero-order valence-corrected chi connectivity index (χ0v) is 13.7. The zero-order chi connectivity index (χ0) is 17.8. The van der Waals surface area contributed by atoms with Crippen LogP contribution in [0.15, 0.2) is 41.2 Å². The van der Waals surface area contributed by atoms with E-state index in [4.69, 9.17) is 10.3 Å². The molecule has 0 bridgehead atoms. The minimum absolute atomic E-state index is 0.197. The van der Waals surface area contributed by atoms with Crippen molar-refractivity contribution in [2.75, 3.05) is 11.1 Å². The highest BCUT2D eigenvalue weighted by atomic mass is 16.5. The van der Waals surface area contributed by atoms with Crippen LogP contribution in [-0.2, 0) is 0 Å². The summed E-state index contributed by atoms with van der Waals surface area (Å²) in [7, 11) is 0. The van der Waals surface area contributed by atoms with Gasteiger partial charge in [-0.05, 0) is 31.5 Å². The molecule has 124 valence electrons. The molecule has 3 N–H and O–H groups in total. The lowest BCUT2D eigenvalue weighted by atomic mass is 10.0. The van der Waals surface area contributed by atoms with Gasteiger partial charge in [0.1, 0.15) is 0 Å². The van der Waals surface area contributed by atoms with Gasteiger partial charge in [0.2, 0.25) is 11.8 Å². The van der Waals surface area contributed by atoms with E-state index in [-0.39, 0.29) is 11.9 Å². The SMILES string of the molecule is Cc1cc(NC(=O)c2ccc(C)c(C#Cc3cnc(N)nc3)c2)on1. The van der Waals surface area contributed by atoms with Crippen LogP contribution in [0.2, 0.25) is 0 Å². The van der Waals surface area contributed by atoms with Crippen LogP contribution < -0.4 is 11.1 Å². The number of nitrogen functional groups attached to an aromatic ring is 1. The molecule has 1 amide bonds. The summed E-state index contributed by atoms with van der Waals surface area (Å²) in [4.78, 5) is 20.1. The molecule has 0 aliphatic heterocycles. The smallest absolute Gasteiger partial charge is 0.258 e. The number of carbonyl (C=O) groups is 1. The van der Waals surface area contributed by atoms with Crippen LogP contribution in [0.3, 0.4) is 0 Å². The van der Waals surface area contributed by atoms with Gasteiger partial charge in [0.15, 0.2) is 0 Å². The number of hydrogen-bond donors (Lipinski definition) is 2. The summed E-state index contributed by atoms with van der Waals surface area (Å²) in [6.45, 7) is 3.70. The van der Waals surface area contributed by atoms with Crippen molar-refractivity contribution < 1.29 is 9.32 Å². The molecule has 0 spiro atoms. The Labute approximate surface area is 144 Å². The predicted octanol–water partition coefficient (Wildman–Crippen LogP) is 2.32. The Bertz CT molecular complexity index is 981. The van der Waals surface area contributed by atoms with Gasteiger partial charge in [0.05, 0.1) is 11.3 Å². The van der Waals surface area contributed by atoms with Gasteiger partial charge in [0.25, 0.3) is 5.91 Å². The molecule has 7 heteroatoms. The fraction of sp³-hybridized carbons (Fsp3) is 0.111. The topological polar surface area (TPSA) is 107 Å². The monoisotopic (exact) mass is 333 g/mol. The zero-order valence-electron chi connectivity index (χ0n) is 13.7. The summed E-state index contributed by atoms with van der Waals surface area (Å²) in [5.74, 6) is 6.18. The molecule has 0 atom stereocenters. The van der Waals surface area contributed by atoms with E-state index in [1.807, 2.05) is 13.0 Å². The van der Waals surface area contributed by atoms with Crippen LogP contribution in [0.1, 0.15) is 32.7 Å². The standard InChI is InChI=1S/C18H15N5O2/c1-11-3-5-15(17(24)22-16-7-12(2)23-25-16)8-14(11)6-4-13-9-20-18(19)21-10-13/h3,5,7-10H,1-2H3,(H,22,24)(H2,19,20,21). The number of rotatable bonds is 2. The lowest BCUT2D eigenvalue weighted by Crippen LogP contribution is -2.11. The molecule has 0 saturated heterocycles. The Kier molecular flexibility index (Phi) is 4.44. The molecule has 0 saturated carbocycles. The van der Waals surface area contributed by atoms with Gasteiger partial charge in [-0.2, -0.15) is 0 Å². The summed E-state index contributed by atoms with van der Waals surface area (Å²) in [6.07, 6.45) is 3.10. The second-order valence-electron chi connectivity index (χ2n) is 5.40. The summed E-state index contributed by atoms with van der Waals surface area (Å²) >= 11 is 0. The first-order chi connectivity index (χ1) is 12.0. The maximum absolute atomic E-state index is 12.3. The summed E-state index contributed by atoms with van der Waals surface area (Å²) < 4.78 is 4.99. The number of nitrogens with two attached hydrogens (primary N) is 1.